The predicted molar refractivity (Wildman–Crippen MR) is 98.1 cm³/mol. The van der Waals surface area contributed by atoms with E-state index in [9.17, 15) is 13.2 Å². The number of rotatable bonds is 4. The third-order valence-corrected chi connectivity index (χ3v) is 4.26. The summed E-state index contributed by atoms with van der Waals surface area (Å²) in [6.07, 6.45) is 0.386. The third-order valence-electron chi connectivity index (χ3n) is 4.26. The van der Waals surface area contributed by atoms with Gasteiger partial charge in [0, 0.05) is 29.7 Å². The van der Waals surface area contributed by atoms with Crippen molar-refractivity contribution in [2.75, 3.05) is 5.32 Å². The second-order valence-corrected chi connectivity index (χ2v) is 6.03. The number of alkyl halides is 3. The smallest absolute Gasteiger partial charge is 0.378 e. The molecule has 0 aliphatic carbocycles. The summed E-state index contributed by atoms with van der Waals surface area (Å²) in [5.74, 6) is 0.796. The Morgan fingerprint density at radius 1 is 0.963 bits per heavy atom. The molecule has 0 saturated carbocycles. The highest BCUT2D eigenvalue weighted by atomic mass is 19.4. The molecule has 0 atom stereocenters. The number of hydrogen-bond acceptors (Lipinski definition) is 3. The van der Waals surface area contributed by atoms with E-state index in [2.05, 4.69) is 20.3 Å². The van der Waals surface area contributed by atoms with Gasteiger partial charge in [-0.15, -0.1) is 0 Å². The van der Waals surface area contributed by atoms with Crippen molar-refractivity contribution in [2.24, 2.45) is 0 Å². The molecule has 4 aromatic rings. The van der Waals surface area contributed by atoms with Gasteiger partial charge in [-0.2, -0.15) is 13.2 Å². The van der Waals surface area contributed by atoms with Crippen molar-refractivity contribution in [3.05, 3.63) is 78.5 Å². The normalized spacial score (nSPS) is 11.7. The lowest BCUT2D eigenvalue weighted by molar-refractivity contribution is -0.136. The summed E-state index contributed by atoms with van der Waals surface area (Å²) in [6, 6.07) is 13.4. The second-order valence-electron chi connectivity index (χ2n) is 6.03. The summed E-state index contributed by atoms with van der Waals surface area (Å²) in [5.41, 5.74) is 1.59. The average molecular weight is 368 g/mol. The number of fused-ring (bicyclic) bond motifs is 1. The number of aromatic nitrogens is 3. The monoisotopic (exact) mass is 368 g/mol. The van der Waals surface area contributed by atoms with Crippen LogP contribution in [0.3, 0.4) is 0 Å². The van der Waals surface area contributed by atoms with Crippen molar-refractivity contribution < 1.29 is 13.2 Å². The molecule has 7 heteroatoms. The summed E-state index contributed by atoms with van der Waals surface area (Å²) in [7, 11) is 0. The lowest BCUT2D eigenvalue weighted by Crippen LogP contribution is -2.06. The highest BCUT2D eigenvalue weighted by Crippen LogP contribution is 2.37. The Bertz CT molecular complexity index is 1070. The number of benzene rings is 2. The molecule has 2 heterocycles. The van der Waals surface area contributed by atoms with E-state index in [0.717, 1.165) is 23.1 Å². The Hall–Kier alpha value is -3.35. The Kier molecular flexibility index (Phi) is 4.27. The van der Waals surface area contributed by atoms with Crippen LogP contribution >= 0.6 is 0 Å². The minimum Gasteiger partial charge on any atom is -0.378 e. The summed E-state index contributed by atoms with van der Waals surface area (Å²) < 4.78 is 39.9. The molecule has 0 aliphatic rings. The highest BCUT2D eigenvalue weighted by molar-refractivity contribution is 5.96. The van der Waals surface area contributed by atoms with Gasteiger partial charge in [-0.05, 0) is 35.4 Å². The largest absolute Gasteiger partial charge is 0.418 e. The van der Waals surface area contributed by atoms with Crippen LogP contribution in [-0.2, 0) is 12.7 Å². The molecular weight excluding hydrogens is 353 g/mol. The molecule has 0 aliphatic heterocycles. The molecule has 0 saturated heterocycles. The van der Waals surface area contributed by atoms with Gasteiger partial charge in [0.25, 0.3) is 0 Å². The SMILES string of the molecule is FC(F)(F)c1cccc2c(-c3cccc(NCc4ncc[nH]4)c3)ccnc12. The fourth-order valence-corrected chi connectivity index (χ4v) is 3.03. The van der Waals surface area contributed by atoms with E-state index in [-0.39, 0.29) is 5.52 Å². The lowest BCUT2D eigenvalue weighted by Gasteiger charge is -2.13. The van der Waals surface area contributed by atoms with Crippen LogP contribution < -0.4 is 5.32 Å². The first-order valence-electron chi connectivity index (χ1n) is 8.30. The molecule has 0 bridgehead atoms. The molecule has 0 fully saturated rings. The van der Waals surface area contributed by atoms with Crippen LogP contribution in [0.4, 0.5) is 18.9 Å². The minimum absolute atomic E-state index is 0.0450. The molecule has 2 N–H and O–H groups in total. The molecule has 0 radical (unpaired) electrons. The third kappa shape index (κ3) is 3.48. The number of halogens is 3. The lowest BCUT2D eigenvalue weighted by atomic mass is 9.99. The summed E-state index contributed by atoms with van der Waals surface area (Å²) >= 11 is 0. The summed E-state index contributed by atoms with van der Waals surface area (Å²) in [4.78, 5) is 11.1. The number of H-pyrrole nitrogens is 1. The van der Waals surface area contributed by atoms with Gasteiger partial charge in [0.2, 0.25) is 0 Å². The Morgan fingerprint density at radius 3 is 2.59 bits per heavy atom. The first-order valence-corrected chi connectivity index (χ1v) is 8.30. The van der Waals surface area contributed by atoms with Gasteiger partial charge in [-0.25, -0.2) is 4.98 Å². The number of anilines is 1. The van der Waals surface area contributed by atoms with E-state index in [0.29, 0.717) is 17.5 Å². The number of pyridine rings is 1. The van der Waals surface area contributed by atoms with Crippen LogP contribution in [0.1, 0.15) is 11.4 Å². The van der Waals surface area contributed by atoms with Crippen molar-refractivity contribution in [1.82, 2.24) is 15.0 Å². The van der Waals surface area contributed by atoms with Crippen molar-refractivity contribution in [2.45, 2.75) is 12.7 Å². The number of nitrogens with zero attached hydrogens (tertiary/aromatic N) is 2. The molecule has 0 amide bonds. The van der Waals surface area contributed by atoms with Crippen LogP contribution in [0.15, 0.2) is 67.1 Å². The minimum atomic E-state index is -4.45. The molecule has 4 rings (SSSR count). The average Bonchev–Trinajstić information content (AvgIpc) is 3.18. The summed E-state index contributed by atoms with van der Waals surface area (Å²) in [6.45, 7) is 0.520. The van der Waals surface area contributed by atoms with Crippen molar-refractivity contribution in [1.29, 1.82) is 0 Å². The summed E-state index contributed by atoms with van der Waals surface area (Å²) in [5, 5.41) is 3.72. The number of aromatic amines is 1. The van der Waals surface area contributed by atoms with Gasteiger partial charge in [0.05, 0.1) is 17.6 Å². The van der Waals surface area contributed by atoms with Crippen LogP contribution in [-0.4, -0.2) is 15.0 Å². The fourth-order valence-electron chi connectivity index (χ4n) is 3.03. The number of nitrogens with one attached hydrogen (secondary N) is 2. The molecule has 2 aromatic carbocycles. The molecule has 2 aromatic heterocycles. The second kappa shape index (κ2) is 6.75. The molecular formula is C20H15F3N4. The predicted octanol–water partition coefficient (Wildman–Crippen LogP) is 5.26. The van der Waals surface area contributed by atoms with Gasteiger partial charge in [0.15, 0.2) is 0 Å². The Morgan fingerprint density at radius 2 is 1.81 bits per heavy atom. The zero-order valence-electron chi connectivity index (χ0n) is 14.1. The Labute approximate surface area is 153 Å². The van der Waals surface area contributed by atoms with Gasteiger partial charge in [0.1, 0.15) is 5.82 Å². The zero-order chi connectivity index (χ0) is 18.9. The van der Waals surface area contributed by atoms with Crippen molar-refractivity contribution in [3.63, 3.8) is 0 Å². The van der Waals surface area contributed by atoms with E-state index in [1.807, 2.05) is 24.3 Å². The maximum Gasteiger partial charge on any atom is 0.418 e. The van der Waals surface area contributed by atoms with E-state index in [1.165, 1.54) is 12.3 Å². The molecule has 136 valence electrons. The van der Waals surface area contributed by atoms with Gasteiger partial charge < -0.3 is 10.3 Å². The van der Waals surface area contributed by atoms with Crippen molar-refractivity contribution in [3.8, 4) is 11.1 Å². The Balaban J connectivity index is 1.73. The van der Waals surface area contributed by atoms with Crippen LogP contribution in [0.25, 0.3) is 22.0 Å². The molecule has 0 unspecified atom stereocenters. The van der Waals surface area contributed by atoms with E-state index < -0.39 is 11.7 Å². The van der Waals surface area contributed by atoms with Gasteiger partial charge in [-0.3, -0.25) is 4.98 Å². The molecule has 4 nitrogen and oxygen atoms in total. The molecule has 0 spiro atoms. The van der Waals surface area contributed by atoms with Crippen LogP contribution in [0.5, 0.6) is 0 Å². The number of para-hydroxylation sites is 1. The number of imidazole rings is 1. The van der Waals surface area contributed by atoms with Crippen LogP contribution in [0, 0.1) is 0 Å². The zero-order valence-corrected chi connectivity index (χ0v) is 14.1. The highest BCUT2D eigenvalue weighted by Gasteiger charge is 2.33. The van der Waals surface area contributed by atoms with Crippen molar-refractivity contribution >= 4 is 16.6 Å². The maximum absolute atomic E-state index is 13.3. The molecule has 27 heavy (non-hydrogen) atoms. The van der Waals surface area contributed by atoms with E-state index >= 15 is 0 Å². The van der Waals surface area contributed by atoms with Gasteiger partial charge >= 0.3 is 6.18 Å². The first-order chi connectivity index (χ1) is 13.0. The standard InChI is InChI=1S/C20H15F3N4/c21-20(22,23)17-6-2-5-16-15(7-8-26-19(16)17)13-3-1-4-14(11-13)27-12-18-24-9-10-25-18/h1-11,27H,12H2,(H,24,25). The topological polar surface area (TPSA) is 53.6 Å². The van der Waals surface area contributed by atoms with E-state index in [1.54, 1.807) is 24.5 Å². The first kappa shape index (κ1) is 17.1. The number of hydrogen-bond donors (Lipinski definition) is 2. The van der Waals surface area contributed by atoms with E-state index in [4.69, 9.17) is 0 Å². The maximum atomic E-state index is 13.3. The van der Waals surface area contributed by atoms with Gasteiger partial charge in [-0.1, -0.05) is 24.3 Å². The quantitative estimate of drug-likeness (QED) is 0.517. The fraction of sp³-hybridized carbons (Fsp3) is 0.100. The van der Waals surface area contributed by atoms with Crippen LogP contribution in [0.2, 0.25) is 0 Å².